The Morgan fingerprint density at radius 3 is 1.65 bits per heavy atom. The lowest BCUT2D eigenvalue weighted by Gasteiger charge is -2.45. The van der Waals surface area contributed by atoms with Crippen LogP contribution < -0.4 is 9.80 Å². The van der Waals surface area contributed by atoms with Crippen LogP contribution >= 0.6 is 0 Å². The summed E-state index contributed by atoms with van der Waals surface area (Å²) in [6, 6.07) is 80.0. The summed E-state index contributed by atoms with van der Waals surface area (Å²) in [5.74, 6) is 0. The molecule has 1 aliphatic carbocycles. The van der Waals surface area contributed by atoms with Gasteiger partial charge >= 0.3 is 0 Å². The van der Waals surface area contributed by atoms with Gasteiger partial charge in [-0.15, -0.1) is 0 Å². The van der Waals surface area contributed by atoms with Crippen LogP contribution in [0.4, 0.5) is 34.1 Å². The van der Waals surface area contributed by atoms with Gasteiger partial charge in [0.05, 0.1) is 22.5 Å². The highest BCUT2D eigenvalue weighted by Gasteiger charge is 2.51. The average Bonchev–Trinajstić information content (AvgIpc) is 3.55. The third kappa shape index (κ3) is 4.68. The lowest BCUT2D eigenvalue weighted by Crippen LogP contribution is -2.36. The molecule has 2 aliphatic rings. The van der Waals surface area contributed by atoms with Gasteiger partial charge in [0.15, 0.2) is 0 Å². The second kappa shape index (κ2) is 12.5. The minimum absolute atomic E-state index is 0.496. The van der Waals surface area contributed by atoms with Crippen LogP contribution in [-0.2, 0) is 5.41 Å². The summed E-state index contributed by atoms with van der Waals surface area (Å²) in [7, 11) is 0. The van der Waals surface area contributed by atoms with E-state index in [4.69, 9.17) is 0 Å². The summed E-state index contributed by atoms with van der Waals surface area (Å²) in [6.07, 6.45) is 0. The summed E-state index contributed by atoms with van der Waals surface area (Å²) in [5.41, 5.74) is 16.6. The van der Waals surface area contributed by atoms with Gasteiger partial charge in [0, 0.05) is 22.4 Å². The first-order valence-corrected chi connectivity index (χ1v) is 19.0. The van der Waals surface area contributed by atoms with Gasteiger partial charge in [-0.3, -0.25) is 0 Å². The van der Waals surface area contributed by atoms with E-state index in [0.717, 1.165) is 22.7 Å². The highest BCUT2D eigenvalue weighted by atomic mass is 15.2. The largest absolute Gasteiger partial charge is 0.310 e. The first-order valence-electron chi connectivity index (χ1n) is 19.0. The van der Waals surface area contributed by atoms with E-state index in [2.05, 4.69) is 228 Å². The number of para-hydroxylation sites is 3. The number of benzene rings is 9. The van der Waals surface area contributed by atoms with E-state index in [1.807, 2.05) is 0 Å². The van der Waals surface area contributed by atoms with E-state index in [1.54, 1.807) is 0 Å². The Morgan fingerprint density at radius 2 is 0.909 bits per heavy atom. The number of nitrogens with zero attached hydrogens (tertiary/aromatic N) is 2. The predicted molar refractivity (Wildman–Crippen MR) is 230 cm³/mol. The van der Waals surface area contributed by atoms with Gasteiger partial charge in [-0.25, -0.2) is 0 Å². The Bertz CT molecular complexity index is 2820. The molecule has 0 saturated carbocycles. The van der Waals surface area contributed by atoms with Crippen LogP contribution in [0.5, 0.6) is 0 Å². The molecule has 11 rings (SSSR count). The van der Waals surface area contributed by atoms with Crippen molar-refractivity contribution in [3.8, 4) is 22.3 Å². The molecule has 0 saturated heterocycles. The molecule has 0 bridgehead atoms. The molecule has 0 amide bonds. The zero-order valence-corrected chi connectivity index (χ0v) is 30.2. The van der Waals surface area contributed by atoms with Crippen molar-refractivity contribution in [2.24, 2.45) is 0 Å². The molecule has 1 spiro atoms. The molecule has 1 aliphatic heterocycles. The topological polar surface area (TPSA) is 6.48 Å². The maximum absolute atomic E-state index is 2.44. The second-order valence-electron chi connectivity index (χ2n) is 14.5. The van der Waals surface area contributed by atoms with Crippen LogP contribution in [0.15, 0.2) is 218 Å². The molecule has 9 aromatic carbocycles. The van der Waals surface area contributed by atoms with E-state index in [1.165, 1.54) is 66.7 Å². The molecular formula is C53H36N2. The Hall–Kier alpha value is -7.16. The molecule has 0 N–H and O–H groups in total. The molecule has 2 nitrogen and oxygen atoms in total. The van der Waals surface area contributed by atoms with Crippen molar-refractivity contribution in [1.82, 2.24) is 0 Å². The van der Waals surface area contributed by atoms with Gasteiger partial charge < -0.3 is 9.80 Å². The second-order valence-corrected chi connectivity index (χ2v) is 14.5. The zero-order chi connectivity index (χ0) is 36.3. The normalized spacial score (nSPS) is 13.2. The number of hydrogen-bond donors (Lipinski definition) is 0. The first kappa shape index (κ1) is 31.4. The maximum Gasteiger partial charge on any atom is 0.0754 e. The number of hydrogen-bond acceptors (Lipinski definition) is 2. The molecule has 2 heteroatoms. The molecule has 0 fully saturated rings. The minimum Gasteiger partial charge on any atom is -0.310 e. The summed E-state index contributed by atoms with van der Waals surface area (Å²) < 4.78 is 0. The first-order chi connectivity index (χ1) is 27.3. The Labute approximate surface area is 321 Å². The SMILES string of the molecule is c1ccc(-c2ccc(N(c3ccc4c(c3)-c3ccccc3C43c4ccccc4N(c4ccccc4)c4ccccc43)c3cccc4ccccc34)cc2)cc1. The number of anilines is 6. The van der Waals surface area contributed by atoms with Gasteiger partial charge in [-0.1, -0.05) is 164 Å². The van der Waals surface area contributed by atoms with E-state index in [-0.39, 0.29) is 0 Å². The van der Waals surface area contributed by atoms with Crippen molar-refractivity contribution in [2.45, 2.75) is 5.41 Å². The molecule has 9 aromatic rings. The van der Waals surface area contributed by atoms with Gasteiger partial charge in [0.2, 0.25) is 0 Å². The molecule has 258 valence electrons. The molecular weight excluding hydrogens is 665 g/mol. The third-order valence-corrected chi connectivity index (χ3v) is 11.6. The van der Waals surface area contributed by atoms with E-state index in [0.29, 0.717) is 0 Å². The van der Waals surface area contributed by atoms with E-state index < -0.39 is 5.41 Å². The van der Waals surface area contributed by atoms with Crippen LogP contribution in [0.25, 0.3) is 33.0 Å². The molecule has 1 heterocycles. The Kier molecular flexibility index (Phi) is 7.11. The van der Waals surface area contributed by atoms with Gasteiger partial charge in [0.25, 0.3) is 0 Å². The standard InChI is InChI=1S/C53H36N2/c1-3-16-37(17-4-1)38-30-32-41(33-31-38)54(50-29-15-19-39-18-7-8-22-43(39)50)42-34-35-47-45(36-42)44-23-9-10-24-46(44)53(47)48-25-11-13-27-51(48)55(40-20-5-2-6-21-40)52-28-14-12-26-49(52)53/h1-36H. The Balaban J connectivity index is 1.15. The van der Waals surface area contributed by atoms with Crippen LogP contribution in [0.2, 0.25) is 0 Å². The predicted octanol–water partition coefficient (Wildman–Crippen LogP) is 14.1. The highest BCUT2D eigenvalue weighted by Crippen LogP contribution is 2.63. The van der Waals surface area contributed by atoms with Crippen molar-refractivity contribution < 1.29 is 0 Å². The maximum atomic E-state index is 2.44. The average molecular weight is 701 g/mol. The lowest BCUT2D eigenvalue weighted by atomic mass is 9.64. The Morgan fingerprint density at radius 1 is 0.364 bits per heavy atom. The van der Waals surface area contributed by atoms with Crippen LogP contribution in [-0.4, -0.2) is 0 Å². The molecule has 0 unspecified atom stereocenters. The lowest BCUT2D eigenvalue weighted by molar-refractivity contribution is 0.752. The van der Waals surface area contributed by atoms with Gasteiger partial charge in [-0.05, 0) is 104 Å². The molecule has 0 radical (unpaired) electrons. The minimum atomic E-state index is -0.496. The number of fused-ring (bicyclic) bond motifs is 10. The van der Waals surface area contributed by atoms with Crippen molar-refractivity contribution >= 4 is 44.9 Å². The smallest absolute Gasteiger partial charge is 0.0754 e. The number of rotatable bonds is 5. The molecule has 55 heavy (non-hydrogen) atoms. The van der Waals surface area contributed by atoms with Crippen molar-refractivity contribution in [3.05, 3.63) is 241 Å². The summed E-state index contributed by atoms with van der Waals surface area (Å²) in [5, 5.41) is 2.43. The summed E-state index contributed by atoms with van der Waals surface area (Å²) in [4.78, 5) is 4.87. The fraction of sp³-hybridized carbons (Fsp3) is 0.0189. The van der Waals surface area contributed by atoms with E-state index in [9.17, 15) is 0 Å². The van der Waals surface area contributed by atoms with Crippen LogP contribution in [0.3, 0.4) is 0 Å². The monoisotopic (exact) mass is 700 g/mol. The van der Waals surface area contributed by atoms with Crippen LogP contribution in [0.1, 0.15) is 22.3 Å². The molecule has 0 atom stereocenters. The van der Waals surface area contributed by atoms with Gasteiger partial charge in [-0.2, -0.15) is 0 Å². The fourth-order valence-electron chi connectivity index (χ4n) is 9.36. The quantitative estimate of drug-likeness (QED) is 0.176. The van der Waals surface area contributed by atoms with Crippen molar-refractivity contribution in [3.63, 3.8) is 0 Å². The van der Waals surface area contributed by atoms with E-state index >= 15 is 0 Å². The van der Waals surface area contributed by atoms with Gasteiger partial charge in [0.1, 0.15) is 0 Å². The highest BCUT2D eigenvalue weighted by molar-refractivity contribution is 6.01. The summed E-state index contributed by atoms with van der Waals surface area (Å²) >= 11 is 0. The fourth-order valence-corrected chi connectivity index (χ4v) is 9.36. The molecule has 0 aromatic heterocycles. The zero-order valence-electron chi connectivity index (χ0n) is 30.2. The third-order valence-electron chi connectivity index (χ3n) is 11.6. The van der Waals surface area contributed by atoms with Crippen molar-refractivity contribution in [2.75, 3.05) is 9.80 Å². The van der Waals surface area contributed by atoms with Crippen LogP contribution in [0, 0.1) is 0 Å². The van der Waals surface area contributed by atoms with Crippen molar-refractivity contribution in [1.29, 1.82) is 0 Å². The summed E-state index contributed by atoms with van der Waals surface area (Å²) in [6.45, 7) is 0.